The molecule has 292 valence electrons. The van der Waals surface area contributed by atoms with Crippen LogP contribution < -0.4 is 0 Å². The highest BCUT2D eigenvalue weighted by atomic mass is 16.6. The lowest BCUT2D eigenvalue weighted by Gasteiger charge is -2.33. The topological polar surface area (TPSA) is 265 Å². The van der Waals surface area contributed by atoms with Crippen molar-refractivity contribution >= 4 is 41.8 Å². The van der Waals surface area contributed by atoms with Crippen LogP contribution in [0.5, 0.6) is 0 Å². The van der Waals surface area contributed by atoms with E-state index in [1.165, 1.54) is 0 Å². The van der Waals surface area contributed by atoms with Gasteiger partial charge in [0.25, 0.3) is 0 Å². The van der Waals surface area contributed by atoms with Gasteiger partial charge >= 0.3 is 41.8 Å². The average molecular weight is 737 g/mol. The number of carboxylic acid groups (broad SMARTS) is 4. The monoisotopic (exact) mass is 736 g/mol. The third-order valence-corrected chi connectivity index (χ3v) is 6.80. The van der Waals surface area contributed by atoms with E-state index in [-0.39, 0.29) is 137 Å². The highest BCUT2D eigenvalue weighted by molar-refractivity contribution is 5.72. The van der Waals surface area contributed by atoms with Crippen LogP contribution in [-0.4, -0.2) is 128 Å². The number of carbonyl (C=O) groups is 7. The summed E-state index contributed by atoms with van der Waals surface area (Å²) in [5.41, 5.74) is -0.975. The van der Waals surface area contributed by atoms with Gasteiger partial charge in [0.15, 0.2) is 0 Å². The van der Waals surface area contributed by atoms with Crippen molar-refractivity contribution in [2.75, 3.05) is 66.1 Å². The van der Waals surface area contributed by atoms with Gasteiger partial charge in [0, 0.05) is 56.8 Å². The van der Waals surface area contributed by atoms with Gasteiger partial charge in [-0.05, 0) is 32.1 Å². The average Bonchev–Trinajstić information content (AvgIpc) is 3.03. The first-order valence-electron chi connectivity index (χ1n) is 16.6. The Hall–Kier alpha value is -4.29. The molecule has 0 heterocycles. The zero-order valence-corrected chi connectivity index (χ0v) is 29.0. The van der Waals surface area contributed by atoms with Gasteiger partial charge in [0.05, 0.1) is 52.0 Å². The minimum atomic E-state index is -1.04. The fourth-order valence-electron chi connectivity index (χ4n) is 4.14. The van der Waals surface area contributed by atoms with Crippen LogP contribution in [0.2, 0.25) is 0 Å². The summed E-state index contributed by atoms with van der Waals surface area (Å²) in [5.74, 6) is -5.42. The molecule has 0 atom stereocenters. The Kier molecular flexibility index (Phi) is 27.0. The van der Waals surface area contributed by atoms with E-state index < -0.39 is 47.2 Å². The third-order valence-electron chi connectivity index (χ3n) is 6.80. The zero-order valence-electron chi connectivity index (χ0n) is 29.0. The second-order valence-electron chi connectivity index (χ2n) is 11.4. The Bertz CT molecular complexity index is 985. The third kappa shape index (κ3) is 30.3. The van der Waals surface area contributed by atoms with Gasteiger partial charge < -0.3 is 53.6 Å². The molecule has 0 radical (unpaired) electrons. The van der Waals surface area contributed by atoms with Gasteiger partial charge in [0.2, 0.25) is 0 Å². The molecule has 0 amide bonds. The van der Waals surface area contributed by atoms with Crippen molar-refractivity contribution in [1.29, 1.82) is 0 Å². The first-order chi connectivity index (χ1) is 24.2. The number of hydrogen-bond donors (Lipinski definition) is 4. The Balaban J connectivity index is 5.36. The molecule has 4 N–H and O–H groups in total. The Morgan fingerprint density at radius 1 is 0.412 bits per heavy atom. The molecule has 0 spiro atoms. The lowest BCUT2D eigenvalue weighted by Crippen LogP contribution is -2.40. The summed E-state index contributed by atoms with van der Waals surface area (Å²) in [6.45, 7) is 3.37. The van der Waals surface area contributed by atoms with E-state index in [0.29, 0.717) is 18.6 Å². The Morgan fingerprint density at radius 3 is 1.08 bits per heavy atom. The maximum Gasteiger partial charge on any atom is 0.305 e. The highest BCUT2D eigenvalue weighted by Crippen LogP contribution is 2.25. The number of rotatable bonds is 35. The van der Waals surface area contributed by atoms with Gasteiger partial charge in [-0.2, -0.15) is 0 Å². The molecule has 0 saturated heterocycles. The van der Waals surface area contributed by atoms with Crippen LogP contribution in [-0.2, 0) is 66.7 Å². The van der Waals surface area contributed by atoms with E-state index in [1.54, 1.807) is 0 Å². The fraction of sp³-hybridized carbons (Fsp3) is 0.727. The molecule has 0 bridgehead atoms. The predicted molar refractivity (Wildman–Crippen MR) is 173 cm³/mol. The van der Waals surface area contributed by atoms with E-state index in [1.807, 2.05) is 0 Å². The van der Waals surface area contributed by atoms with Gasteiger partial charge in [-0.25, -0.2) is 0 Å². The van der Waals surface area contributed by atoms with Gasteiger partial charge in [0.1, 0.15) is 19.8 Å². The largest absolute Gasteiger partial charge is 0.496 e. The number of allylic oxidation sites excluding steroid dienone is 1. The maximum atomic E-state index is 12.2. The number of carbonyl (C=O) groups excluding carboxylic acids is 3. The summed E-state index contributed by atoms with van der Waals surface area (Å²) in [4.78, 5) is 78.7. The standard InChI is InChI=1S/C33H52O18/c1-25(6-2-7-26(34)35)48-19-16-45-22-33(14-15-49-30(42)11-3-8-27(36)37,23-46-17-20-50-31(43)12-4-9-28(38)39)24-47-18-21-51-32(44)13-5-10-29(40)41/h1-24H2,(H,34,35)(H,36,37)(H,38,39)(H,40,41). The summed E-state index contributed by atoms with van der Waals surface area (Å²) >= 11 is 0. The quantitative estimate of drug-likeness (QED) is 0.0315. The molecule has 0 aromatic carbocycles. The van der Waals surface area contributed by atoms with Gasteiger partial charge in [-0.15, -0.1) is 0 Å². The van der Waals surface area contributed by atoms with Crippen LogP contribution in [0.4, 0.5) is 0 Å². The first-order valence-corrected chi connectivity index (χ1v) is 16.6. The molecule has 0 aromatic rings. The normalized spacial score (nSPS) is 11.0. The molecule has 0 unspecified atom stereocenters. The SMILES string of the molecule is C=C(CCCC(=O)O)OCCOCC(CCOC(=O)CCCC(=O)O)(COCCOC(=O)CCCC(=O)O)COCCOC(=O)CCCC(=O)O. The molecular weight excluding hydrogens is 684 g/mol. The molecule has 0 aliphatic carbocycles. The highest BCUT2D eigenvalue weighted by Gasteiger charge is 2.32. The molecular formula is C33H52O18. The molecule has 18 nitrogen and oxygen atoms in total. The van der Waals surface area contributed by atoms with Crippen LogP contribution in [0.1, 0.15) is 83.5 Å². The van der Waals surface area contributed by atoms with Crippen molar-refractivity contribution in [3.8, 4) is 0 Å². The maximum absolute atomic E-state index is 12.2. The summed E-state index contributed by atoms with van der Waals surface area (Å²) in [5, 5.41) is 35.0. The number of ether oxygens (including phenoxy) is 7. The molecule has 0 fully saturated rings. The number of hydrogen-bond acceptors (Lipinski definition) is 14. The van der Waals surface area contributed by atoms with E-state index >= 15 is 0 Å². The summed E-state index contributed by atoms with van der Waals surface area (Å²) < 4.78 is 38.5. The molecule has 0 aromatic heterocycles. The first kappa shape index (κ1) is 46.7. The van der Waals surface area contributed by atoms with E-state index in [4.69, 9.17) is 53.6 Å². The van der Waals surface area contributed by atoms with Crippen molar-refractivity contribution in [3.05, 3.63) is 12.3 Å². The smallest absolute Gasteiger partial charge is 0.305 e. The van der Waals surface area contributed by atoms with Crippen LogP contribution >= 0.6 is 0 Å². The predicted octanol–water partition coefficient (Wildman–Crippen LogP) is 2.59. The zero-order chi connectivity index (χ0) is 38.3. The Morgan fingerprint density at radius 2 is 0.725 bits per heavy atom. The lowest BCUT2D eigenvalue weighted by molar-refractivity contribution is -0.149. The second kappa shape index (κ2) is 29.4. The van der Waals surface area contributed by atoms with Crippen LogP contribution in [0.15, 0.2) is 12.3 Å². The van der Waals surface area contributed by atoms with Crippen LogP contribution in [0.3, 0.4) is 0 Å². The summed E-state index contributed by atoms with van der Waals surface area (Å²) in [6, 6.07) is 0. The minimum Gasteiger partial charge on any atom is -0.496 e. The second-order valence-corrected chi connectivity index (χ2v) is 11.4. The van der Waals surface area contributed by atoms with Gasteiger partial charge in [-0.3, -0.25) is 33.6 Å². The van der Waals surface area contributed by atoms with Crippen molar-refractivity contribution in [2.45, 2.75) is 83.5 Å². The minimum absolute atomic E-state index is 0.0115. The van der Waals surface area contributed by atoms with Crippen molar-refractivity contribution < 1.29 is 87.1 Å². The Labute approximate surface area is 296 Å². The molecule has 0 saturated carbocycles. The van der Waals surface area contributed by atoms with E-state index in [9.17, 15) is 33.6 Å². The van der Waals surface area contributed by atoms with Gasteiger partial charge in [-0.1, -0.05) is 6.58 Å². The number of esters is 3. The van der Waals surface area contributed by atoms with Crippen molar-refractivity contribution in [1.82, 2.24) is 0 Å². The number of aliphatic carboxylic acids is 4. The van der Waals surface area contributed by atoms with E-state index in [0.717, 1.165) is 0 Å². The summed E-state index contributed by atoms with van der Waals surface area (Å²) in [7, 11) is 0. The van der Waals surface area contributed by atoms with Crippen molar-refractivity contribution in [2.24, 2.45) is 5.41 Å². The van der Waals surface area contributed by atoms with Crippen LogP contribution in [0, 0.1) is 5.41 Å². The molecule has 51 heavy (non-hydrogen) atoms. The summed E-state index contributed by atoms with van der Waals surface area (Å²) in [6.07, 6.45) is 0.367. The van der Waals surface area contributed by atoms with Crippen molar-refractivity contribution in [3.63, 3.8) is 0 Å². The lowest BCUT2D eigenvalue weighted by atomic mass is 9.87. The molecule has 0 rings (SSSR count). The fourth-order valence-corrected chi connectivity index (χ4v) is 4.14. The molecule has 0 aliphatic heterocycles. The van der Waals surface area contributed by atoms with E-state index in [2.05, 4.69) is 6.58 Å². The molecule has 18 heteroatoms. The number of carboxylic acids is 4. The molecule has 0 aliphatic rings. The van der Waals surface area contributed by atoms with Crippen LogP contribution in [0.25, 0.3) is 0 Å².